The fraction of sp³-hybridized carbons (Fsp3) is 0.579. The van der Waals surface area contributed by atoms with Gasteiger partial charge in [0.1, 0.15) is 5.75 Å². The van der Waals surface area contributed by atoms with Gasteiger partial charge in [-0.1, -0.05) is 28.9 Å². The Morgan fingerprint density at radius 1 is 1.23 bits per heavy atom. The van der Waals surface area contributed by atoms with Gasteiger partial charge in [0.05, 0.1) is 13.2 Å². The molecule has 1 aliphatic rings. The summed E-state index contributed by atoms with van der Waals surface area (Å²) in [7, 11) is 0. The Labute approximate surface area is 164 Å². The third-order valence-corrected chi connectivity index (χ3v) is 4.76. The van der Waals surface area contributed by atoms with Crippen molar-refractivity contribution >= 4 is 27.7 Å². The van der Waals surface area contributed by atoms with E-state index in [-0.39, 0.29) is 11.8 Å². The lowest BCUT2D eigenvalue weighted by Crippen LogP contribution is -2.51. The molecule has 0 spiro atoms. The van der Waals surface area contributed by atoms with E-state index in [0.29, 0.717) is 39.1 Å². The van der Waals surface area contributed by atoms with Gasteiger partial charge >= 0.3 is 0 Å². The van der Waals surface area contributed by atoms with Crippen molar-refractivity contribution in [1.29, 1.82) is 0 Å². The molecule has 1 heterocycles. The van der Waals surface area contributed by atoms with Crippen LogP contribution in [0, 0.1) is 0 Å². The molecule has 26 heavy (non-hydrogen) atoms. The Hall–Kier alpha value is -1.60. The van der Waals surface area contributed by atoms with E-state index in [2.05, 4.69) is 26.1 Å². The van der Waals surface area contributed by atoms with Gasteiger partial charge in [-0.05, 0) is 31.0 Å². The van der Waals surface area contributed by atoms with E-state index in [1.165, 1.54) is 0 Å². The van der Waals surface area contributed by atoms with Crippen molar-refractivity contribution in [3.63, 3.8) is 0 Å². The van der Waals surface area contributed by atoms with Crippen molar-refractivity contribution in [2.24, 2.45) is 0 Å². The molecule has 0 aromatic heterocycles. The number of carbonyl (C=O) groups excluding carboxylic acids is 2. The standard InChI is InChI=1S/C19H28BrN3O3/c1-2-8-21-18(24)15-22-9-11-23(12-10-22)19(25)7-4-13-26-17-6-3-5-16(20)14-17/h3,5-6,14H,2,4,7-13,15H2,1H3,(H,21,24). The van der Waals surface area contributed by atoms with Gasteiger partial charge in [0.2, 0.25) is 11.8 Å². The molecular weight excluding hydrogens is 398 g/mol. The van der Waals surface area contributed by atoms with Crippen LogP contribution >= 0.6 is 15.9 Å². The molecule has 1 aromatic carbocycles. The van der Waals surface area contributed by atoms with Crippen LogP contribution in [0.15, 0.2) is 28.7 Å². The quantitative estimate of drug-likeness (QED) is 0.616. The first-order chi connectivity index (χ1) is 12.6. The minimum Gasteiger partial charge on any atom is -0.494 e. The molecule has 0 unspecified atom stereocenters. The number of nitrogens with one attached hydrogen (secondary N) is 1. The third-order valence-electron chi connectivity index (χ3n) is 4.26. The summed E-state index contributed by atoms with van der Waals surface area (Å²) in [6, 6.07) is 7.69. The molecule has 0 bridgehead atoms. The molecule has 0 atom stereocenters. The average Bonchev–Trinajstić information content (AvgIpc) is 2.64. The van der Waals surface area contributed by atoms with Crippen LogP contribution in [0.1, 0.15) is 26.2 Å². The summed E-state index contributed by atoms with van der Waals surface area (Å²) in [4.78, 5) is 28.0. The van der Waals surface area contributed by atoms with Crippen LogP contribution in [0.25, 0.3) is 0 Å². The fourth-order valence-corrected chi connectivity index (χ4v) is 3.19. The first-order valence-electron chi connectivity index (χ1n) is 9.23. The minimum absolute atomic E-state index is 0.0660. The van der Waals surface area contributed by atoms with E-state index in [9.17, 15) is 9.59 Å². The van der Waals surface area contributed by atoms with Crippen LogP contribution in [0.4, 0.5) is 0 Å². The summed E-state index contributed by atoms with van der Waals surface area (Å²) < 4.78 is 6.64. The fourth-order valence-electron chi connectivity index (χ4n) is 2.81. The van der Waals surface area contributed by atoms with Gasteiger partial charge in [-0.3, -0.25) is 14.5 Å². The van der Waals surface area contributed by atoms with Crippen molar-refractivity contribution in [1.82, 2.24) is 15.1 Å². The van der Waals surface area contributed by atoms with Crippen LogP contribution in [-0.2, 0) is 9.59 Å². The van der Waals surface area contributed by atoms with Crippen molar-refractivity contribution in [3.8, 4) is 5.75 Å². The maximum Gasteiger partial charge on any atom is 0.234 e. The molecule has 1 aliphatic heterocycles. The van der Waals surface area contributed by atoms with E-state index < -0.39 is 0 Å². The van der Waals surface area contributed by atoms with E-state index in [1.807, 2.05) is 36.1 Å². The average molecular weight is 426 g/mol. The topological polar surface area (TPSA) is 61.9 Å². The number of ether oxygens (including phenoxy) is 1. The monoisotopic (exact) mass is 425 g/mol. The molecule has 1 aromatic rings. The van der Waals surface area contributed by atoms with Crippen molar-refractivity contribution in [3.05, 3.63) is 28.7 Å². The molecular formula is C19H28BrN3O3. The molecule has 0 radical (unpaired) electrons. The number of hydrogen-bond acceptors (Lipinski definition) is 4. The van der Waals surface area contributed by atoms with Gasteiger partial charge in [-0.2, -0.15) is 0 Å². The number of piperazine rings is 1. The SMILES string of the molecule is CCCNC(=O)CN1CCN(C(=O)CCCOc2cccc(Br)c2)CC1. The van der Waals surface area contributed by atoms with Gasteiger partial charge < -0.3 is 15.0 Å². The Morgan fingerprint density at radius 3 is 2.69 bits per heavy atom. The third kappa shape index (κ3) is 7.33. The second kappa shape index (κ2) is 11.2. The highest BCUT2D eigenvalue weighted by molar-refractivity contribution is 9.10. The predicted octanol–water partition coefficient (Wildman–Crippen LogP) is 2.28. The summed E-state index contributed by atoms with van der Waals surface area (Å²) in [6.07, 6.45) is 2.13. The van der Waals surface area contributed by atoms with Gasteiger partial charge in [-0.25, -0.2) is 0 Å². The summed E-state index contributed by atoms with van der Waals surface area (Å²) in [5, 5.41) is 2.89. The molecule has 144 valence electrons. The maximum atomic E-state index is 12.3. The van der Waals surface area contributed by atoms with Crippen molar-refractivity contribution in [2.75, 3.05) is 45.9 Å². The van der Waals surface area contributed by atoms with Crippen LogP contribution in [0.2, 0.25) is 0 Å². The number of benzene rings is 1. The summed E-state index contributed by atoms with van der Waals surface area (Å²) >= 11 is 3.41. The van der Waals surface area contributed by atoms with Crippen LogP contribution in [0.5, 0.6) is 5.75 Å². The summed E-state index contributed by atoms with van der Waals surface area (Å²) in [6.45, 7) is 6.58. The molecule has 0 aliphatic carbocycles. The zero-order valence-corrected chi connectivity index (χ0v) is 17.0. The van der Waals surface area contributed by atoms with Gasteiger partial charge in [0.25, 0.3) is 0 Å². The van der Waals surface area contributed by atoms with Crippen LogP contribution in [-0.4, -0.2) is 67.5 Å². The molecule has 2 amide bonds. The van der Waals surface area contributed by atoms with Crippen LogP contribution in [0.3, 0.4) is 0 Å². The normalized spacial score (nSPS) is 14.9. The zero-order chi connectivity index (χ0) is 18.8. The molecule has 1 N–H and O–H groups in total. The second-order valence-corrected chi connectivity index (χ2v) is 7.33. The summed E-state index contributed by atoms with van der Waals surface area (Å²) in [5.74, 6) is 1.04. The lowest BCUT2D eigenvalue weighted by molar-refractivity contribution is -0.133. The maximum absolute atomic E-state index is 12.3. The second-order valence-electron chi connectivity index (χ2n) is 6.42. The Morgan fingerprint density at radius 2 is 2.00 bits per heavy atom. The van der Waals surface area contributed by atoms with Gasteiger partial charge in [-0.15, -0.1) is 0 Å². The Bertz CT molecular complexity index is 589. The Kier molecular flexibility index (Phi) is 8.91. The predicted molar refractivity (Wildman–Crippen MR) is 105 cm³/mol. The van der Waals surface area contributed by atoms with Crippen molar-refractivity contribution < 1.29 is 14.3 Å². The minimum atomic E-state index is 0.0660. The van der Waals surface area contributed by atoms with E-state index in [4.69, 9.17) is 4.74 Å². The van der Waals surface area contributed by atoms with E-state index in [0.717, 1.165) is 36.3 Å². The van der Waals surface area contributed by atoms with Crippen molar-refractivity contribution in [2.45, 2.75) is 26.2 Å². The zero-order valence-electron chi connectivity index (χ0n) is 15.4. The number of carbonyl (C=O) groups is 2. The molecule has 2 rings (SSSR count). The first-order valence-corrected chi connectivity index (χ1v) is 10.0. The first kappa shape index (κ1) is 20.7. The van der Waals surface area contributed by atoms with Gasteiger partial charge in [0, 0.05) is 43.6 Å². The highest BCUT2D eigenvalue weighted by Crippen LogP contribution is 2.18. The van der Waals surface area contributed by atoms with Gasteiger partial charge in [0.15, 0.2) is 0 Å². The number of nitrogens with zero attached hydrogens (tertiary/aromatic N) is 2. The molecule has 1 fully saturated rings. The Balaban J connectivity index is 1.60. The number of rotatable bonds is 9. The highest BCUT2D eigenvalue weighted by atomic mass is 79.9. The number of hydrogen-bond donors (Lipinski definition) is 1. The number of amides is 2. The lowest BCUT2D eigenvalue weighted by Gasteiger charge is -2.34. The van der Waals surface area contributed by atoms with E-state index in [1.54, 1.807) is 0 Å². The molecule has 6 nitrogen and oxygen atoms in total. The highest BCUT2D eigenvalue weighted by Gasteiger charge is 2.21. The molecule has 1 saturated heterocycles. The largest absolute Gasteiger partial charge is 0.494 e. The number of halogens is 1. The van der Waals surface area contributed by atoms with E-state index >= 15 is 0 Å². The molecule has 7 heteroatoms. The smallest absolute Gasteiger partial charge is 0.234 e. The van der Waals surface area contributed by atoms with Crippen LogP contribution < -0.4 is 10.1 Å². The lowest BCUT2D eigenvalue weighted by atomic mass is 10.2. The summed E-state index contributed by atoms with van der Waals surface area (Å²) in [5.41, 5.74) is 0. The molecule has 0 saturated carbocycles.